The molecule has 1 aliphatic heterocycles. The quantitative estimate of drug-likeness (QED) is 0.461. The van der Waals surface area contributed by atoms with E-state index in [2.05, 4.69) is 43.1 Å². The maximum Gasteiger partial charge on any atom is 0.253 e. The highest BCUT2D eigenvalue weighted by atomic mass is 35.5. The second kappa shape index (κ2) is 9.36. The summed E-state index contributed by atoms with van der Waals surface area (Å²) in [6.07, 6.45) is 5.55. The Morgan fingerprint density at radius 2 is 1.90 bits per heavy atom. The predicted octanol–water partition coefficient (Wildman–Crippen LogP) is 4.11. The molecule has 2 aromatic heterocycles. The van der Waals surface area contributed by atoms with Crippen LogP contribution in [0.5, 0.6) is 0 Å². The molecule has 1 saturated heterocycles. The van der Waals surface area contributed by atoms with Gasteiger partial charge in [-0.15, -0.1) is 0 Å². The normalized spacial score (nSPS) is 14.9. The third-order valence-electron chi connectivity index (χ3n) is 5.58. The molecule has 0 bridgehead atoms. The van der Waals surface area contributed by atoms with E-state index in [9.17, 15) is 4.79 Å². The summed E-state index contributed by atoms with van der Waals surface area (Å²) in [6, 6.07) is 9.11. The van der Waals surface area contributed by atoms with Crippen LogP contribution in [-0.2, 0) is 0 Å². The zero-order chi connectivity index (χ0) is 21.8. The van der Waals surface area contributed by atoms with Crippen molar-refractivity contribution in [3.8, 4) is 0 Å². The minimum Gasteiger partial charge on any atom is -0.355 e. The number of carbonyl (C=O) groups excluding carboxylic acids is 1. The van der Waals surface area contributed by atoms with Crippen molar-refractivity contribution in [2.24, 2.45) is 0 Å². The lowest BCUT2D eigenvalue weighted by atomic mass is 9.93. The fourth-order valence-electron chi connectivity index (χ4n) is 3.81. The van der Waals surface area contributed by atoms with Crippen LogP contribution in [0.4, 0.5) is 22.9 Å². The summed E-state index contributed by atoms with van der Waals surface area (Å²) in [6.45, 7) is 2.14. The van der Waals surface area contributed by atoms with Crippen molar-refractivity contribution in [3.63, 3.8) is 0 Å². The fourth-order valence-corrected chi connectivity index (χ4v) is 3.97. The molecule has 0 unspecified atom stereocenters. The first-order valence-corrected chi connectivity index (χ1v) is 10.7. The number of aromatic amines is 1. The Bertz CT molecular complexity index is 1060. The van der Waals surface area contributed by atoms with Crippen LogP contribution in [0, 0.1) is 0 Å². The topological polar surface area (TPSA) is 98.0 Å². The largest absolute Gasteiger partial charge is 0.355 e. The van der Waals surface area contributed by atoms with E-state index in [-0.39, 0.29) is 5.91 Å². The molecule has 31 heavy (non-hydrogen) atoms. The molecular formula is C22H26ClN7O. The molecule has 1 aliphatic rings. The number of para-hydroxylation sites is 1. The number of nitrogens with zero attached hydrogens (tertiary/aromatic N) is 3. The number of H-pyrrole nitrogens is 1. The zero-order valence-electron chi connectivity index (χ0n) is 17.6. The molecule has 4 N–H and O–H groups in total. The van der Waals surface area contributed by atoms with Crippen LogP contribution in [-0.4, -0.2) is 53.2 Å². The van der Waals surface area contributed by atoms with Crippen molar-refractivity contribution in [2.75, 3.05) is 37.8 Å². The van der Waals surface area contributed by atoms with E-state index >= 15 is 0 Å². The van der Waals surface area contributed by atoms with E-state index in [1.165, 1.54) is 0 Å². The number of hydrogen-bond donors (Lipinski definition) is 4. The van der Waals surface area contributed by atoms with Gasteiger partial charge in [-0.1, -0.05) is 23.7 Å². The summed E-state index contributed by atoms with van der Waals surface area (Å²) in [5, 5.41) is 17.1. The first-order chi connectivity index (χ1) is 15.0. The summed E-state index contributed by atoms with van der Waals surface area (Å²) in [4.78, 5) is 18.9. The number of pyridine rings is 1. The van der Waals surface area contributed by atoms with Crippen LogP contribution in [0.2, 0.25) is 5.02 Å². The van der Waals surface area contributed by atoms with Gasteiger partial charge in [0.1, 0.15) is 5.82 Å². The average molecular weight is 440 g/mol. The molecule has 0 saturated carbocycles. The van der Waals surface area contributed by atoms with Gasteiger partial charge in [0.2, 0.25) is 0 Å². The Morgan fingerprint density at radius 3 is 2.68 bits per heavy atom. The number of nitrogens with one attached hydrogen (secondary N) is 4. The second-order valence-electron chi connectivity index (χ2n) is 7.70. The van der Waals surface area contributed by atoms with Gasteiger partial charge in [0.15, 0.2) is 0 Å². The number of amides is 1. The van der Waals surface area contributed by atoms with Crippen LogP contribution in [0.3, 0.4) is 0 Å². The number of hydrogen-bond acceptors (Lipinski definition) is 6. The third-order valence-corrected chi connectivity index (χ3v) is 5.88. The highest BCUT2D eigenvalue weighted by Gasteiger charge is 2.22. The van der Waals surface area contributed by atoms with Crippen molar-refractivity contribution in [2.45, 2.75) is 18.8 Å². The minimum absolute atomic E-state index is 0.173. The summed E-state index contributed by atoms with van der Waals surface area (Å²) in [5.41, 5.74) is 3.87. The van der Waals surface area contributed by atoms with Crippen molar-refractivity contribution in [1.29, 1.82) is 0 Å². The number of carbonyl (C=O) groups is 1. The lowest BCUT2D eigenvalue weighted by Crippen LogP contribution is -2.29. The SMILES string of the molecule is CNC(=O)c1ccccc1Nc1cc(Nc2cn[nH]c2C2CCN(C)CC2)ncc1Cl. The summed E-state index contributed by atoms with van der Waals surface area (Å²) in [7, 11) is 3.75. The Hall–Kier alpha value is -3.10. The third kappa shape index (κ3) is 4.81. The van der Waals surface area contributed by atoms with E-state index in [1.54, 1.807) is 25.5 Å². The Kier molecular flexibility index (Phi) is 6.39. The van der Waals surface area contributed by atoms with Crippen LogP contribution in [0.25, 0.3) is 0 Å². The smallest absolute Gasteiger partial charge is 0.253 e. The summed E-state index contributed by atoms with van der Waals surface area (Å²) < 4.78 is 0. The highest BCUT2D eigenvalue weighted by molar-refractivity contribution is 6.33. The monoisotopic (exact) mass is 439 g/mol. The van der Waals surface area contributed by atoms with Crippen molar-refractivity contribution in [3.05, 3.63) is 59.0 Å². The maximum absolute atomic E-state index is 12.2. The van der Waals surface area contributed by atoms with Gasteiger partial charge in [0.05, 0.1) is 45.7 Å². The summed E-state index contributed by atoms with van der Waals surface area (Å²) in [5.74, 6) is 0.901. The van der Waals surface area contributed by atoms with Gasteiger partial charge in [-0.3, -0.25) is 9.89 Å². The van der Waals surface area contributed by atoms with Gasteiger partial charge >= 0.3 is 0 Å². The van der Waals surface area contributed by atoms with Gasteiger partial charge < -0.3 is 20.9 Å². The van der Waals surface area contributed by atoms with Gasteiger partial charge in [0.25, 0.3) is 5.91 Å². The van der Waals surface area contributed by atoms with Crippen molar-refractivity contribution >= 4 is 40.4 Å². The molecule has 1 fully saturated rings. The first kappa shape index (κ1) is 21.1. The van der Waals surface area contributed by atoms with Crippen LogP contribution < -0.4 is 16.0 Å². The minimum atomic E-state index is -0.173. The molecule has 0 spiro atoms. The summed E-state index contributed by atoms with van der Waals surface area (Å²) >= 11 is 6.38. The molecule has 3 heterocycles. The molecule has 1 amide bonds. The van der Waals surface area contributed by atoms with Crippen molar-refractivity contribution < 1.29 is 4.79 Å². The fraction of sp³-hybridized carbons (Fsp3) is 0.318. The molecule has 3 aromatic rings. The molecule has 9 heteroatoms. The Balaban J connectivity index is 1.55. The van der Waals surface area contributed by atoms with Gasteiger partial charge in [0, 0.05) is 19.0 Å². The molecular weight excluding hydrogens is 414 g/mol. The number of likely N-dealkylation sites (tertiary alicyclic amines) is 1. The molecule has 8 nitrogen and oxygen atoms in total. The number of benzene rings is 1. The molecule has 0 aliphatic carbocycles. The van der Waals surface area contributed by atoms with Gasteiger partial charge in [-0.05, 0) is 45.1 Å². The van der Waals surface area contributed by atoms with E-state index in [0.29, 0.717) is 33.7 Å². The Labute approximate surface area is 186 Å². The van der Waals surface area contributed by atoms with Gasteiger partial charge in [-0.25, -0.2) is 4.98 Å². The molecule has 1 aromatic carbocycles. The van der Waals surface area contributed by atoms with Gasteiger partial charge in [-0.2, -0.15) is 5.10 Å². The zero-order valence-corrected chi connectivity index (χ0v) is 18.3. The first-order valence-electron chi connectivity index (χ1n) is 10.3. The highest BCUT2D eigenvalue weighted by Crippen LogP contribution is 2.34. The number of rotatable bonds is 6. The van der Waals surface area contributed by atoms with E-state index in [4.69, 9.17) is 11.6 Å². The lowest BCUT2D eigenvalue weighted by Gasteiger charge is -2.28. The number of anilines is 4. The lowest BCUT2D eigenvalue weighted by molar-refractivity contribution is 0.0964. The van der Waals surface area contributed by atoms with Crippen LogP contribution in [0.1, 0.15) is 34.8 Å². The van der Waals surface area contributed by atoms with E-state index in [0.717, 1.165) is 37.3 Å². The molecule has 162 valence electrons. The molecule has 0 radical (unpaired) electrons. The predicted molar refractivity (Wildman–Crippen MR) is 124 cm³/mol. The van der Waals surface area contributed by atoms with Crippen LogP contribution in [0.15, 0.2) is 42.7 Å². The van der Waals surface area contributed by atoms with Crippen molar-refractivity contribution in [1.82, 2.24) is 25.4 Å². The number of aromatic nitrogens is 3. The molecule has 0 atom stereocenters. The number of halogens is 1. The van der Waals surface area contributed by atoms with E-state index < -0.39 is 0 Å². The van der Waals surface area contributed by atoms with E-state index in [1.807, 2.05) is 24.3 Å². The molecule has 4 rings (SSSR count). The number of piperidine rings is 1. The average Bonchev–Trinajstić information content (AvgIpc) is 3.24. The Morgan fingerprint density at radius 1 is 1.13 bits per heavy atom. The van der Waals surface area contributed by atoms with Crippen LogP contribution >= 0.6 is 11.6 Å². The second-order valence-corrected chi connectivity index (χ2v) is 8.11. The maximum atomic E-state index is 12.2. The standard InChI is InChI=1S/C22H26ClN7O/c1-24-22(31)15-5-3-4-6-17(15)27-18-11-20(25-12-16(18)23)28-19-13-26-29-21(19)14-7-9-30(2)10-8-14/h3-6,11-14H,7-10H2,1-2H3,(H,24,31)(H,26,29)(H2,25,27,28).